The molecule has 26 heavy (non-hydrogen) atoms. The average molecular weight is 389 g/mol. The SMILES string of the molecule is CC(SCc1ccccc1)C(=O)N1CCC(NC(=O)c2ccsc2)CC1. The highest BCUT2D eigenvalue weighted by Gasteiger charge is 2.27. The number of thiophene rings is 1. The lowest BCUT2D eigenvalue weighted by Crippen LogP contribution is -2.48. The zero-order valence-electron chi connectivity index (χ0n) is 14.9. The first-order chi connectivity index (χ1) is 12.6. The van der Waals surface area contributed by atoms with Gasteiger partial charge in [0.2, 0.25) is 5.91 Å². The molecule has 0 radical (unpaired) electrons. The lowest BCUT2D eigenvalue weighted by atomic mass is 10.0. The highest BCUT2D eigenvalue weighted by molar-refractivity contribution is 7.99. The number of piperidine rings is 1. The summed E-state index contributed by atoms with van der Waals surface area (Å²) >= 11 is 3.21. The van der Waals surface area contributed by atoms with E-state index in [4.69, 9.17) is 0 Å². The number of carbonyl (C=O) groups is 2. The Bertz CT molecular complexity index is 711. The van der Waals surface area contributed by atoms with Crippen LogP contribution in [-0.4, -0.2) is 41.1 Å². The normalized spacial score (nSPS) is 16.3. The van der Waals surface area contributed by atoms with Gasteiger partial charge in [-0.05, 0) is 36.8 Å². The Morgan fingerprint density at radius 3 is 2.62 bits per heavy atom. The van der Waals surface area contributed by atoms with Crippen molar-refractivity contribution in [3.05, 3.63) is 58.3 Å². The molecule has 2 heterocycles. The summed E-state index contributed by atoms with van der Waals surface area (Å²) in [5.74, 6) is 1.04. The molecule has 6 heteroatoms. The molecule has 0 saturated carbocycles. The molecular weight excluding hydrogens is 364 g/mol. The minimum Gasteiger partial charge on any atom is -0.349 e. The predicted molar refractivity (Wildman–Crippen MR) is 109 cm³/mol. The molecule has 0 spiro atoms. The highest BCUT2D eigenvalue weighted by Crippen LogP contribution is 2.21. The number of carbonyl (C=O) groups excluding carboxylic acids is 2. The van der Waals surface area contributed by atoms with Crippen LogP contribution >= 0.6 is 23.1 Å². The van der Waals surface area contributed by atoms with Gasteiger partial charge in [0.25, 0.3) is 5.91 Å². The fourth-order valence-corrected chi connectivity index (χ4v) is 4.59. The van der Waals surface area contributed by atoms with Crippen molar-refractivity contribution in [2.24, 2.45) is 0 Å². The zero-order chi connectivity index (χ0) is 18.4. The molecule has 1 atom stereocenters. The number of likely N-dealkylation sites (tertiary alicyclic amines) is 1. The minimum absolute atomic E-state index is 0.0113. The van der Waals surface area contributed by atoms with Crippen molar-refractivity contribution >= 4 is 34.9 Å². The quantitative estimate of drug-likeness (QED) is 0.819. The van der Waals surface area contributed by atoms with Gasteiger partial charge in [-0.1, -0.05) is 30.3 Å². The van der Waals surface area contributed by atoms with Crippen LogP contribution in [0, 0.1) is 0 Å². The smallest absolute Gasteiger partial charge is 0.252 e. The van der Waals surface area contributed by atoms with Crippen molar-refractivity contribution in [2.75, 3.05) is 13.1 Å². The summed E-state index contributed by atoms with van der Waals surface area (Å²) in [5, 5.41) is 6.80. The molecule has 1 aliphatic rings. The van der Waals surface area contributed by atoms with Gasteiger partial charge < -0.3 is 10.2 Å². The van der Waals surface area contributed by atoms with Gasteiger partial charge in [-0.2, -0.15) is 11.3 Å². The van der Waals surface area contributed by atoms with Crippen LogP contribution in [0.3, 0.4) is 0 Å². The Morgan fingerprint density at radius 2 is 1.96 bits per heavy atom. The molecule has 138 valence electrons. The fourth-order valence-electron chi connectivity index (χ4n) is 3.03. The maximum Gasteiger partial charge on any atom is 0.252 e. The van der Waals surface area contributed by atoms with Gasteiger partial charge in [-0.25, -0.2) is 0 Å². The summed E-state index contributed by atoms with van der Waals surface area (Å²) in [6.45, 7) is 3.41. The topological polar surface area (TPSA) is 49.4 Å². The number of nitrogens with zero attached hydrogens (tertiary/aromatic N) is 1. The molecule has 4 nitrogen and oxygen atoms in total. The predicted octanol–water partition coefficient (Wildman–Crippen LogP) is 3.79. The molecule has 1 aromatic carbocycles. The van der Waals surface area contributed by atoms with E-state index < -0.39 is 0 Å². The monoisotopic (exact) mass is 388 g/mol. The summed E-state index contributed by atoms with van der Waals surface area (Å²) in [4.78, 5) is 26.7. The zero-order valence-corrected chi connectivity index (χ0v) is 16.5. The van der Waals surface area contributed by atoms with E-state index >= 15 is 0 Å². The van der Waals surface area contributed by atoms with Crippen LogP contribution in [-0.2, 0) is 10.5 Å². The molecule has 2 amide bonds. The average Bonchev–Trinajstić information content (AvgIpc) is 3.22. The maximum absolute atomic E-state index is 12.7. The second-order valence-electron chi connectivity index (χ2n) is 6.52. The summed E-state index contributed by atoms with van der Waals surface area (Å²) in [7, 11) is 0. The molecule has 1 fully saturated rings. The molecule has 1 unspecified atom stereocenters. The molecule has 2 aromatic rings. The maximum atomic E-state index is 12.7. The number of thioether (sulfide) groups is 1. The summed E-state index contributed by atoms with van der Waals surface area (Å²) in [5.41, 5.74) is 1.96. The Hall–Kier alpha value is -1.79. The summed E-state index contributed by atoms with van der Waals surface area (Å²) in [6, 6.07) is 12.2. The van der Waals surface area contributed by atoms with E-state index in [2.05, 4.69) is 17.4 Å². The van der Waals surface area contributed by atoms with Crippen LogP contribution in [0.4, 0.5) is 0 Å². The fraction of sp³-hybridized carbons (Fsp3) is 0.400. The number of hydrogen-bond donors (Lipinski definition) is 1. The van der Waals surface area contributed by atoms with Crippen LogP contribution in [0.15, 0.2) is 47.2 Å². The van der Waals surface area contributed by atoms with E-state index in [9.17, 15) is 9.59 Å². The minimum atomic E-state index is -0.0489. The van der Waals surface area contributed by atoms with Gasteiger partial charge in [0.15, 0.2) is 0 Å². The summed E-state index contributed by atoms with van der Waals surface area (Å²) < 4.78 is 0. The first-order valence-electron chi connectivity index (χ1n) is 8.91. The number of amides is 2. The van der Waals surface area contributed by atoms with E-state index in [1.807, 2.05) is 46.8 Å². The number of benzene rings is 1. The summed E-state index contributed by atoms with van der Waals surface area (Å²) in [6.07, 6.45) is 1.63. The van der Waals surface area contributed by atoms with Gasteiger partial charge >= 0.3 is 0 Å². The highest BCUT2D eigenvalue weighted by atomic mass is 32.2. The van der Waals surface area contributed by atoms with E-state index in [0.717, 1.165) is 24.2 Å². The van der Waals surface area contributed by atoms with Gasteiger partial charge in [-0.15, -0.1) is 11.8 Å². The van der Waals surface area contributed by atoms with Crippen molar-refractivity contribution < 1.29 is 9.59 Å². The standard InChI is InChI=1S/C20H24N2O2S2/c1-15(26-13-16-5-3-2-4-6-16)20(24)22-10-7-18(8-11-22)21-19(23)17-9-12-25-14-17/h2-6,9,12,14-15,18H,7-8,10-11,13H2,1H3,(H,21,23). The van der Waals surface area contributed by atoms with E-state index in [0.29, 0.717) is 13.1 Å². The number of rotatable bonds is 6. The Kier molecular flexibility index (Phi) is 6.74. The van der Waals surface area contributed by atoms with Gasteiger partial charge in [0, 0.05) is 35.8 Å². The van der Waals surface area contributed by atoms with Gasteiger partial charge in [0.1, 0.15) is 0 Å². The lowest BCUT2D eigenvalue weighted by Gasteiger charge is -2.33. The van der Waals surface area contributed by atoms with E-state index in [1.165, 1.54) is 16.9 Å². The van der Waals surface area contributed by atoms with Crippen molar-refractivity contribution in [2.45, 2.75) is 36.8 Å². The van der Waals surface area contributed by atoms with Crippen LogP contribution in [0.25, 0.3) is 0 Å². The third-order valence-electron chi connectivity index (χ3n) is 4.62. The van der Waals surface area contributed by atoms with E-state index in [-0.39, 0.29) is 23.1 Å². The first-order valence-corrected chi connectivity index (χ1v) is 10.9. The van der Waals surface area contributed by atoms with Crippen LogP contribution < -0.4 is 5.32 Å². The number of nitrogens with one attached hydrogen (secondary N) is 1. The second-order valence-corrected chi connectivity index (χ2v) is 8.63. The molecule has 0 aliphatic carbocycles. The van der Waals surface area contributed by atoms with Crippen molar-refractivity contribution in [3.8, 4) is 0 Å². The third kappa shape index (κ3) is 5.11. The molecule has 1 aliphatic heterocycles. The number of hydrogen-bond acceptors (Lipinski definition) is 4. The molecule has 1 aromatic heterocycles. The van der Waals surface area contributed by atoms with E-state index in [1.54, 1.807) is 11.8 Å². The largest absolute Gasteiger partial charge is 0.349 e. The molecule has 1 N–H and O–H groups in total. The van der Waals surface area contributed by atoms with Crippen LogP contribution in [0.2, 0.25) is 0 Å². The third-order valence-corrected chi connectivity index (χ3v) is 6.50. The second kappa shape index (κ2) is 9.24. The van der Waals surface area contributed by atoms with Crippen LogP contribution in [0.5, 0.6) is 0 Å². The van der Waals surface area contributed by atoms with Gasteiger partial charge in [0.05, 0.1) is 5.25 Å². The van der Waals surface area contributed by atoms with Crippen molar-refractivity contribution in [1.29, 1.82) is 0 Å². The first kappa shape index (κ1) is 19.0. The molecule has 1 saturated heterocycles. The molecular formula is C20H24N2O2S2. The van der Waals surface area contributed by atoms with Crippen LogP contribution in [0.1, 0.15) is 35.7 Å². The molecule has 3 rings (SSSR count). The van der Waals surface area contributed by atoms with Crippen molar-refractivity contribution in [1.82, 2.24) is 10.2 Å². The Labute approximate surface area is 163 Å². The Morgan fingerprint density at radius 1 is 1.23 bits per heavy atom. The Balaban J connectivity index is 1.42. The lowest BCUT2D eigenvalue weighted by molar-refractivity contribution is -0.131. The van der Waals surface area contributed by atoms with Crippen molar-refractivity contribution in [3.63, 3.8) is 0 Å². The molecule has 0 bridgehead atoms. The van der Waals surface area contributed by atoms with Gasteiger partial charge in [-0.3, -0.25) is 9.59 Å².